The first kappa shape index (κ1) is 15.4. The Morgan fingerprint density at radius 3 is 2.85 bits per heavy atom. The first-order chi connectivity index (χ1) is 9.58. The molecule has 4 nitrogen and oxygen atoms in total. The van der Waals surface area contributed by atoms with Gasteiger partial charge in [0.05, 0.1) is 18.0 Å². The number of aliphatic hydroxyl groups is 1. The van der Waals surface area contributed by atoms with Crippen molar-refractivity contribution < 1.29 is 9.50 Å². The molecular formula is C15H24FN3O. The van der Waals surface area contributed by atoms with Crippen molar-refractivity contribution in [3.05, 3.63) is 29.8 Å². The number of halogens is 1. The maximum atomic E-state index is 12.8. The van der Waals surface area contributed by atoms with Gasteiger partial charge in [-0.3, -0.25) is 4.98 Å². The van der Waals surface area contributed by atoms with Crippen molar-refractivity contribution in [1.29, 1.82) is 0 Å². The van der Waals surface area contributed by atoms with Crippen molar-refractivity contribution >= 4 is 0 Å². The maximum Gasteiger partial charge on any atom is 0.141 e. The Morgan fingerprint density at radius 2 is 2.20 bits per heavy atom. The van der Waals surface area contributed by atoms with Crippen molar-refractivity contribution in [2.24, 2.45) is 5.73 Å². The Kier molecular flexibility index (Phi) is 5.46. The predicted octanol–water partition coefficient (Wildman–Crippen LogP) is 1.85. The average Bonchev–Trinajstić information content (AvgIpc) is 2.45. The zero-order valence-corrected chi connectivity index (χ0v) is 12.0. The third-order valence-electron chi connectivity index (χ3n) is 4.18. The molecule has 1 saturated carbocycles. The van der Waals surface area contributed by atoms with Crippen molar-refractivity contribution in [3.8, 4) is 0 Å². The van der Waals surface area contributed by atoms with Gasteiger partial charge in [-0.05, 0) is 38.4 Å². The first-order valence-corrected chi connectivity index (χ1v) is 7.33. The molecule has 3 N–H and O–H groups in total. The highest BCUT2D eigenvalue weighted by Crippen LogP contribution is 2.23. The number of likely N-dealkylation sites (N-methyl/N-ethyl adjacent to an activating group) is 1. The zero-order chi connectivity index (χ0) is 14.5. The van der Waals surface area contributed by atoms with Gasteiger partial charge < -0.3 is 15.7 Å². The number of aliphatic hydroxyl groups excluding tert-OH is 1. The van der Waals surface area contributed by atoms with E-state index in [1.54, 1.807) is 6.07 Å². The lowest BCUT2D eigenvalue weighted by Crippen LogP contribution is -2.44. The molecule has 0 aromatic carbocycles. The van der Waals surface area contributed by atoms with Gasteiger partial charge in [0.2, 0.25) is 0 Å². The lowest BCUT2D eigenvalue weighted by Gasteiger charge is -2.35. The molecule has 20 heavy (non-hydrogen) atoms. The summed E-state index contributed by atoms with van der Waals surface area (Å²) in [5.74, 6) is -0.344. The van der Waals surface area contributed by atoms with Gasteiger partial charge in [0.1, 0.15) is 5.82 Å². The van der Waals surface area contributed by atoms with Crippen LogP contribution in [0.5, 0.6) is 0 Å². The van der Waals surface area contributed by atoms with Crippen LogP contribution in [0.2, 0.25) is 0 Å². The molecule has 0 aliphatic heterocycles. The van der Waals surface area contributed by atoms with Crippen molar-refractivity contribution in [2.45, 2.75) is 50.3 Å². The van der Waals surface area contributed by atoms with E-state index in [1.807, 2.05) is 7.05 Å². The van der Waals surface area contributed by atoms with Gasteiger partial charge in [-0.25, -0.2) is 4.39 Å². The van der Waals surface area contributed by atoms with Crippen LogP contribution in [0.3, 0.4) is 0 Å². The van der Waals surface area contributed by atoms with Gasteiger partial charge in [-0.15, -0.1) is 0 Å². The summed E-state index contributed by atoms with van der Waals surface area (Å²) in [6.07, 6.45) is 5.95. The first-order valence-electron chi connectivity index (χ1n) is 7.33. The van der Waals surface area contributed by atoms with E-state index >= 15 is 0 Å². The summed E-state index contributed by atoms with van der Waals surface area (Å²) < 4.78 is 12.8. The Morgan fingerprint density at radius 1 is 1.45 bits per heavy atom. The molecule has 1 fully saturated rings. The number of aromatic nitrogens is 1. The second-order valence-corrected chi connectivity index (χ2v) is 5.70. The molecule has 3 atom stereocenters. The standard InChI is InChI=1S/C15H24FN3O/c1-19(14-4-2-3-5-15(14)20)9-8-12(17)13-7-6-11(16)10-18-13/h6-7,10,12,14-15,20H,2-5,8-9,17H2,1H3. The molecule has 1 aromatic heterocycles. The van der Waals surface area contributed by atoms with Crippen LogP contribution in [0.15, 0.2) is 18.3 Å². The maximum absolute atomic E-state index is 12.8. The lowest BCUT2D eigenvalue weighted by molar-refractivity contribution is 0.0311. The van der Waals surface area contributed by atoms with Gasteiger partial charge in [0.15, 0.2) is 0 Å². The van der Waals surface area contributed by atoms with E-state index < -0.39 is 0 Å². The van der Waals surface area contributed by atoms with E-state index in [-0.39, 0.29) is 24.0 Å². The zero-order valence-electron chi connectivity index (χ0n) is 12.0. The largest absolute Gasteiger partial charge is 0.391 e. The fourth-order valence-electron chi connectivity index (χ4n) is 2.87. The van der Waals surface area contributed by atoms with E-state index in [0.717, 1.165) is 32.2 Å². The normalized spacial score (nSPS) is 24.9. The number of nitrogens with two attached hydrogens (primary N) is 1. The summed E-state index contributed by atoms with van der Waals surface area (Å²) in [5, 5.41) is 10.0. The molecule has 1 aliphatic rings. The Balaban J connectivity index is 1.83. The second kappa shape index (κ2) is 7.11. The monoisotopic (exact) mass is 281 g/mol. The van der Waals surface area contributed by atoms with Crippen LogP contribution in [-0.2, 0) is 0 Å². The van der Waals surface area contributed by atoms with Crippen LogP contribution in [0, 0.1) is 5.82 Å². The van der Waals surface area contributed by atoms with Crippen LogP contribution < -0.4 is 5.73 Å². The molecule has 1 aliphatic carbocycles. The molecule has 0 bridgehead atoms. The van der Waals surface area contributed by atoms with Gasteiger partial charge in [0.25, 0.3) is 0 Å². The SMILES string of the molecule is CN(CCC(N)c1ccc(F)cn1)C1CCCCC1O. The average molecular weight is 281 g/mol. The molecule has 3 unspecified atom stereocenters. The number of hydrogen-bond donors (Lipinski definition) is 2. The predicted molar refractivity (Wildman–Crippen MR) is 76.6 cm³/mol. The number of hydrogen-bond acceptors (Lipinski definition) is 4. The van der Waals surface area contributed by atoms with E-state index in [4.69, 9.17) is 5.73 Å². The molecule has 0 amide bonds. The molecule has 112 valence electrons. The van der Waals surface area contributed by atoms with Crippen molar-refractivity contribution in [1.82, 2.24) is 9.88 Å². The minimum atomic E-state index is -0.344. The van der Waals surface area contributed by atoms with E-state index in [1.165, 1.54) is 18.7 Å². The lowest BCUT2D eigenvalue weighted by atomic mass is 9.91. The molecular weight excluding hydrogens is 257 g/mol. The quantitative estimate of drug-likeness (QED) is 0.864. The molecule has 2 rings (SSSR count). The minimum Gasteiger partial charge on any atom is -0.391 e. The number of rotatable bonds is 5. The second-order valence-electron chi connectivity index (χ2n) is 5.70. The highest BCUT2D eigenvalue weighted by atomic mass is 19.1. The summed E-state index contributed by atoms with van der Waals surface area (Å²) in [7, 11) is 2.03. The third-order valence-corrected chi connectivity index (χ3v) is 4.18. The number of pyridine rings is 1. The van der Waals surface area contributed by atoms with Crippen LogP contribution in [-0.4, -0.2) is 40.7 Å². The molecule has 1 aromatic rings. The molecule has 0 spiro atoms. The molecule has 5 heteroatoms. The Bertz CT molecular complexity index is 412. The Hall–Kier alpha value is -1.04. The van der Waals surface area contributed by atoms with Gasteiger partial charge in [-0.1, -0.05) is 12.8 Å². The minimum absolute atomic E-state index is 0.196. The van der Waals surface area contributed by atoms with Crippen molar-refractivity contribution in [2.75, 3.05) is 13.6 Å². The summed E-state index contributed by atoms with van der Waals surface area (Å²) in [4.78, 5) is 6.20. The molecule has 0 radical (unpaired) electrons. The van der Waals surface area contributed by atoms with Gasteiger partial charge >= 0.3 is 0 Å². The fourth-order valence-corrected chi connectivity index (χ4v) is 2.87. The van der Waals surface area contributed by atoms with Crippen LogP contribution in [0.4, 0.5) is 4.39 Å². The van der Waals surface area contributed by atoms with E-state index in [9.17, 15) is 9.50 Å². The highest BCUT2D eigenvalue weighted by molar-refractivity contribution is 5.09. The summed E-state index contributed by atoms with van der Waals surface area (Å²) in [6, 6.07) is 3.06. The third kappa shape index (κ3) is 3.98. The van der Waals surface area contributed by atoms with Crippen molar-refractivity contribution in [3.63, 3.8) is 0 Å². The summed E-state index contributed by atoms with van der Waals surface area (Å²) in [5.41, 5.74) is 6.80. The van der Waals surface area contributed by atoms with Gasteiger partial charge in [0, 0.05) is 18.6 Å². The van der Waals surface area contributed by atoms with Crippen LogP contribution in [0.1, 0.15) is 43.8 Å². The fraction of sp³-hybridized carbons (Fsp3) is 0.667. The summed E-state index contributed by atoms with van der Waals surface area (Å²) in [6.45, 7) is 0.807. The van der Waals surface area contributed by atoms with Crippen LogP contribution >= 0.6 is 0 Å². The van der Waals surface area contributed by atoms with Crippen LogP contribution in [0.25, 0.3) is 0 Å². The summed E-state index contributed by atoms with van der Waals surface area (Å²) >= 11 is 0. The smallest absolute Gasteiger partial charge is 0.141 e. The van der Waals surface area contributed by atoms with E-state index in [2.05, 4.69) is 9.88 Å². The highest BCUT2D eigenvalue weighted by Gasteiger charge is 2.26. The van der Waals surface area contributed by atoms with E-state index in [0.29, 0.717) is 5.69 Å². The number of nitrogens with zero attached hydrogens (tertiary/aromatic N) is 2. The molecule has 1 heterocycles. The topological polar surface area (TPSA) is 62.4 Å². The Labute approximate surface area is 119 Å². The van der Waals surface area contributed by atoms with Gasteiger partial charge in [-0.2, -0.15) is 0 Å². The molecule has 0 saturated heterocycles.